The van der Waals surface area contributed by atoms with E-state index in [1.807, 2.05) is 13.0 Å². The second-order valence-corrected chi connectivity index (χ2v) is 4.21. The molecule has 3 radical (unpaired) electrons. The molecule has 0 heterocycles. The van der Waals surface area contributed by atoms with E-state index in [0.29, 0.717) is 6.42 Å². The summed E-state index contributed by atoms with van der Waals surface area (Å²) in [6.07, 6.45) is 0.307. The van der Waals surface area contributed by atoms with E-state index in [0.717, 1.165) is 11.1 Å². The molecule has 0 saturated carbocycles. The van der Waals surface area contributed by atoms with Crippen LogP contribution in [0.1, 0.15) is 25.0 Å². The first-order valence-corrected chi connectivity index (χ1v) is 4.85. The summed E-state index contributed by atoms with van der Waals surface area (Å²) in [5.41, 5.74) is 1.23. The van der Waals surface area contributed by atoms with Gasteiger partial charge >= 0.3 is 0 Å². The van der Waals surface area contributed by atoms with Gasteiger partial charge in [0.25, 0.3) is 0 Å². The van der Waals surface area contributed by atoms with Gasteiger partial charge in [-0.05, 0) is 5.44 Å². The van der Waals surface area contributed by atoms with Gasteiger partial charge in [0, 0.05) is 60.2 Å². The molecule has 0 atom stereocenters. The number of aryl methyl sites for hydroxylation is 1. The minimum absolute atomic E-state index is 0. The van der Waals surface area contributed by atoms with Crippen LogP contribution in [0.2, 0.25) is 0 Å². The minimum atomic E-state index is -0.675. The van der Waals surface area contributed by atoms with Crippen molar-refractivity contribution in [1.82, 2.24) is 5.32 Å². The molecule has 0 aliphatic rings. The fourth-order valence-corrected chi connectivity index (χ4v) is 1.25. The van der Waals surface area contributed by atoms with Gasteiger partial charge < -0.3 is 23.5 Å². The van der Waals surface area contributed by atoms with E-state index in [1.165, 1.54) is 0 Å². The predicted octanol–water partition coefficient (Wildman–Crippen LogP) is 1.15. The number of benzene rings is 1. The zero-order valence-electron chi connectivity index (χ0n) is 10.3. The molecule has 1 N–H and O–H groups in total. The molecule has 1 amide bonds. The van der Waals surface area contributed by atoms with Crippen LogP contribution in [0, 0.1) is 19.1 Å². The summed E-state index contributed by atoms with van der Waals surface area (Å²) >= 11 is 0. The summed E-state index contributed by atoms with van der Waals surface area (Å²) in [4.78, 5) is 11.6. The molecule has 0 unspecified atom stereocenters. The van der Waals surface area contributed by atoms with Gasteiger partial charge in [0.15, 0.2) is 0 Å². The molecule has 0 spiro atoms. The molecule has 0 aliphatic carbocycles. The molecule has 0 aromatic heterocycles. The molecule has 0 aliphatic heterocycles. The zero-order valence-corrected chi connectivity index (χ0v) is 16.1. The van der Waals surface area contributed by atoms with E-state index in [-0.39, 0.29) is 59.7 Å². The van der Waals surface area contributed by atoms with Crippen molar-refractivity contribution in [3.05, 3.63) is 35.4 Å². The number of nitrogens with one attached hydrogen (secondary N) is 1. The number of hydrogen-bond donors (Lipinski definition) is 1. The van der Waals surface area contributed by atoms with Crippen LogP contribution in [0.4, 0.5) is 0 Å². The van der Waals surface area contributed by atoms with Crippen LogP contribution < -0.4 is 5.32 Å². The first-order valence-electron chi connectivity index (χ1n) is 4.85. The number of hydrogen-bond acceptors (Lipinski definition) is 1. The molecule has 2 nitrogen and oxygen atoms in total. The average molecular weight is 472 g/mol. The maximum Gasteiger partial charge on any atom is 0.220 e. The van der Waals surface area contributed by atoms with E-state index >= 15 is 0 Å². The summed E-state index contributed by atoms with van der Waals surface area (Å²) in [5.74, 6) is -0.0898. The van der Waals surface area contributed by atoms with Gasteiger partial charge in [0.2, 0.25) is 5.91 Å². The van der Waals surface area contributed by atoms with Crippen LogP contribution in [0.3, 0.4) is 0 Å². The molecule has 1 aromatic rings. The molecule has 87 valence electrons. The maximum atomic E-state index is 11.6. The topological polar surface area (TPSA) is 29.1 Å². The first-order chi connectivity index (χ1) is 6.88. The summed E-state index contributed by atoms with van der Waals surface area (Å²) in [6.45, 7) is 5.43. The zero-order chi connectivity index (χ0) is 11.5. The SMILES string of the molecule is [B]C(C)(C)NC(=O)Cc1[c-]c[c-]cc1C.[W].[Y]. The maximum absolute atomic E-state index is 11.6. The van der Waals surface area contributed by atoms with Gasteiger partial charge in [-0.3, -0.25) is 22.0 Å². The minimum Gasteiger partial charge on any atom is -0.360 e. The van der Waals surface area contributed by atoms with Crippen molar-refractivity contribution >= 4 is 13.8 Å². The Bertz CT molecular complexity index is 366. The molecule has 5 heteroatoms. The van der Waals surface area contributed by atoms with Crippen LogP contribution >= 0.6 is 0 Å². The van der Waals surface area contributed by atoms with Crippen molar-refractivity contribution in [1.29, 1.82) is 0 Å². The van der Waals surface area contributed by atoms with Crippen LogP contribution in [0.5, 0.6) is 0 Å². The summed E-state index contributed by atoms with van der Waals surface area (Å²) in [5, 5.41) is 2.70. The number of carbonyl (C=O) groups excluding carboxylic acids is 1. The van der Waals surface area contributed by atoms with Crippen molar-refractivity contribution < 1.29 is 58.6 Å². The van der Waals surface area contributed by atoms with E-state index in [4.69, 9.17) is 7.85 Å². The van der Waals surface area contributed by atoms with Gasteiger partial charge in [0.1, 0.15) is 7.85 Å². The largest absolute Gasteiger partial charge is 0.360 e. The molecule has 0 saturated heterocycles. The molecular weight excluding hydrogens is 458 g/mol. The Morgan fingerprint density at radius 1 is 1.53 bits per heavy atom. The Hall–Kier alpha value is 0.547. The Labute approximate surface area is 144 Å². The third-order valence-electron chi connectivity index (χ3n) is 1.90. The Kier molecular flexibility index (Phi) is 10.1. The van der Waals surface area contributed by atoms with Crippen molar-refractivity contribution in [2.45, 2.75) is 32.6 Å². The molecule has 1 rings (SSSR count). The number of carbonyl (C=O) groups is 1. The fraction of sp³-hybridized carbons (Fsp3) is 0.417. The summed E-state index contributed by atoms with van der Waals surface area (Å²) in [6, 6.07) is 9.43. The Morgan fingerprint density at radius 3 is 2.59 bits per heavy atom. The molecule has 1 aromatic carbocycles. The van der Waals surface area contributed by atoms with Gasteiger partial charge in [-0.1, -0.05) is 13.8 Å². The predicted molar refractivity (Wildman–Crippen MR) is 60.5 cm³/mol. The number of amides is 1. The first kappa shape index (κ1) is 19.9. The second kappa shape index (κ2) is 8.61. The van der Waals surface area contributed by atoms with E-state index < -0.39 is 5.44 Å². The standard InChI is InChI=1S/C12H14BNO.W.Y/c1-9-6-4-5-7-10(9)8-11(15)14-12(2,3)13;;/h5-6H,8H2,1-3H3,(H,14,15);;/q-2;;. The van der Waals surface area contributed by atoms with Crippen LogP contribution in [-0.4, -0.2) is 19.2 Å². The summed E-state index contributed by atoms with van der Waals surface area (Å²) in [7, 11) is 5.68. The van der Waals surface area contributed by atoms with Crippen molar-refractivity contribution in [3.63, 3.8) is 0 Å². The second-order valence-electron chi connectivity index (χ2n) is 4.21. The molecular formula is C12H14BNOWY-2. The molecule has 17 heavy (non-hydrogen) atoms. The van der Waals surface area contributed by atoms with Crippen LogP contribution in [0.25, 0.3) is 0 Å². The Morgan fingerprint density at radius 2 is 2.12 bits per heavy atom. The third kappa shape index (κ3) is 8.29. The summed E-state index contributed by atoms with van der Waals surface area (Å²) < 4.78 is 0. The quantitative estimate of drug-likeness (QED) is 0.520. The molecule has 0 bridgehead atoms. The van der Waals surface area contributed by atoms with Crippen molar-refractivity contribution in [2.24, 2.45) is 0 Å². The smallest absolute Gasteiger partial charge is 0.220 e. The van der Waals surface area contributed by atoms with Crippen molar-refractivity contribution in [3.8, 4) is 0 Å². The van der Waals surface area contributed by atoms with E-state index in [1.54, 1.807) is 19.9 Å². The van der Waals surface area contributed by atoms with Crippen LogP contribution in [-0.2, 0) is 65.0 Å². The van der Waals surface area contributed by atoms with E-state index in [9.17, 15) is 4.79 Å². The Balaban J connectivity index is 0. The van der Waals surface area contributed by atoms with Crippen LogP contribution in [0.15, 0.2) is 12.1 Å². The van der Waals surface area contributed by atoms with Gasteiger partial charge in [-0.15, -0.1) is 6.92 Å². The monoisotopic (exact) mass is 472 g/mol. The van der Waals surface area contributed by atoms with E-state index in [2.05, 4.69) is 17.4 Å². The molecule has 0 fully saturated rings. The van der Waals surface area contributed by atoms with Gasteiger partial charge in [-0.2, -0.15) is 0 Å². The fourth-order valence-electron chi connectivity index (χ4n) is 1.25. The normalized spacial score (nSPS) is 9.82. The van der Waals surface area contributed by atoms with Gasteiger partial charge in [-0.25, -0.2) is 0 Å². The average Bonchev–Trinajstić information content (AvgIpc) is 2.05. The van der Waals surface area contributed by atoms with Gasteiger partial charge in [0.05, 0.1) is 0 Å². The number of rotatable bonds is 3. The third-order valence-corrected chi connectivity index (χ3v) is 1.90. The van der Waals surface area contributed by atoms with Crippen molar-refractivity contribution in [2.75, 3.05) is 0 Å².